The molecule has 0 radical (unpaired) electrons. The van der Waals surface area contributed by atoms with Gasteiger partial charge in [0.2, 0.25) is 5.95 Å². The lowest BCUT2D eigenvalue weighted by Gasteiger charge is -2.26. The summed E-state index contributed by atoms with van der Waals surface area (Å²) in [5.74, 6) is 0.0154. The molecule has 3 heterocycles. The summed E-state index contributed by atoms with van der Waals surface area (Å²) in [7, 11) is -4.20. The highest BCUT2D eigenvalue weighted by Gasteiger charge is 2.51. The van der Waals surface area contributed by atoms with E-state index in [1.165, 1.54) is 21.9 Å². The molecule has 1 atom stereocenters. The van der Waals surface area contributed by atoms with Crippen LogP contribution in [0.1, 0.15) is 12.5 Å². The van der Waals surface area contributed by atoms with Crippen molar-refractivity contribution in [3.05, 3.63) is 76.8 Å². The Morgan fingerprint density at radius 3 is 2.31 bits per heavy atom. The summed E-state index contributed by atoms with van der Waals surface area (Å²) in [4.78, 5) is 27.4. The van der Waals surface area contributed by atoms with Gasteiger partial charge in [-0.15, -0.1) is 0 Å². The molecule has 0 bridgehead atoms. The smallest absolute Gasteiger partial charge is 0.260 e. The van der Waals surface area contributed by atoms with Gasteiger partial charge in [-0.2, -0.15) is 0 Å². The number of anilines is 3. The molecule has 1 amide bonds. The van der Waals surface area contributed by atoms with E-state index in [2.05, 4.69) is 15.0 Å². The zero-order valence-corrected chi connectivity index (χ0v) is 21.1. The number of nitrogens with zero attached hydrogens (tertiary/aromatic N) is 5. The fourth-order valence-electron chi connectivity index (χ4n) is 4.39. The maximum Gasteiger partial charge on any atom is 0.260 e. The van der Waals surface area contributed by atoms with E-state index in [0.29, 0.717) is 27.1 Å². The van der Waals surface area contributed by atoms with Gasteiger partial charge >= 0.3 is 0 Å². The van der Waals surface area contributed by atoms with Crippen LogP contribution in [-0.4, -0.2) is 33.8 Å². The number of rotatable bonds is 5. The van der Waals surface area contributed by atoms with Crippen molar-refractivity contribution in [2.45, 2.75) is 23.9 Å². The Morgan fingerprint density at radius 1 is 1.03 bits per heavy atom. The number of imidazole rings is 1. The number of hydrogen-bond acceptors (Lipinski definition) is 7. The first kappa shape index (κ1) is 24.2. The number of hydrogen-bond donors (Lipinski definition) is 2. The molecule has 1 aliphatic heterocycles. The lowest BCUT2D eigenvalue weighted by atomic mass is 9.91. The Kier molecular flexibility index (Phi) is 5.75. The van der Waals surface area contributed by atoms with Crippen molar-refractivity contribution in [2.75, 3.05) is 10.6 Å². The molecule has 0 aliphatic carbocycles. The maximum atomic E-state index is 13.9. The Labute approximate surface area is 216 Å². The molecule has 10 nitrogen and oxygen atoms in total. The molecule has 5 rings (SSSR count). The molecule has 1 aliphatic rings. The van der Waals surface area contributed by atoms with Gasteiger partial charge in [-0.1, -0.05) is 47.5 Å². The van der Waals surface area contributed by atoms with Gasteiger partial charge in [0.05, 0.1) is 11.9 Å². The third-order valence-corrected chi connectivity index (χ3v) is 7.33. The summed E-state index contributed by atoms with van der Waals surface area (Å²) >= 11 is 12.4. The molecule has 13 heteroatoms. The third kappa shape index (κ3) is 3.99. The Morgan fingerprint density at radius 2 is 1.69 bits per heavy atom. The number of carbonyl (C=O) groups excluding carboxylic acids is 1. The Hall–Kier alpha value is -3.51. The number of nitrogen functional groups attached to an aromatic ring is 1. The average Bonchev–Trinajstić information content (AvgIpc) is 3.33. The van der Waals surface area contributed by atoms with E-state index in [1.807, 2.05) is 24.3 Å². The van der Waals surface area contributed by atoms with E-state index >= 15 is 0 Å². The molecular formula is C23H19Cl2N7O3S. The number of primary sulfonamides is 1. The number of amides is 1. The molecule has 0 spiro atoms. The number of carbonyl (C=O) groups is 1. The van der Waals surface area contributed by atoms with Gasteiger partial charge in [0, 0.05) is 28.2 Å². The van der Waals surface area contributed by atoms with E-state index in [9.17, 15) is 13.2 Å². The van der Waals surface area contributed by atoms with Crippen LogP contribution in [0.5, 0.6) is 0 Å². The second kappa shape index (κ2) is 8.56. The predicted molar refractivity (Wildman–Crippen MR) is 136 cm³/mol. The van der Waals surface area contributed by atoms with E-state index in [1.54, 1.807) is 25.3 Å². The second-order valence-electron chi connectivity index (χ2n) is 8.51. The number of aromatic nitrogens is 4. The fourth-order valence-corrected chi connectivity index (χ4v) is 5.65. The predicted octanol–water partition coefficient (Wildman–Crippen LogP) is 3.51. The molecule has 4 aromatic rings. The minimum Gasteiger partial charge on any atom is -0.383 e. The zero-order valence-electron chi connectivity index (χ0n) is 18.8. The van der Waals surface area contributed by atoms with Crippen molar-refractivity contribution < 1.29 is 13.2 Å². The molecule has 1 unspecified atom stereocenters. The highest BCUT2D eigenvalue weighted by molar-refractivity contribution is 7.89. The molecule has 2 aromatic carbocycles. The van der Waals surface area contributed by atoms with Crippen molar-refractivity contribution in [1.82, 2.24) is 19.5 Å². The van der Waals surface area contributed by atoms with Crippen LogP contribution in [0.2, 0.25) is 10.0 Å². The van der Waals surface area contributed by atoms with Crippen LogP contribution >= 0.6 is 23.2 Å². The molecular weight excluding hydrogens is 525 g/mol. The minimum absolute atomic E-state index is 0.0932. The lowest BCUT2D eigenvalue weighted by molar-refractivity contribution is -0.124. The Bertz CT molecular complexity index is 1600. The zero-order chi connectivity index (χ0) is 25.8. The quantitative estimate of drug-likeness (QED) is 0.390. The van der Waals surface area contributed by atoms with Crippen molar-refractivity contribution in [3.63, 3.8) is 0 Å². The van der Waals surface area contributed by atoms with E-state index in [4.69, 9.17) is 34.1 Å². The summed E-state index contributed by atoms with van der Waals surface area (Å²) in [5.41, 5.74) is 7.15. The average molecular weight is 544 g/mol. The molecule has 0 saturated heterocycles. The van der Waals surface area contributed by atoms with E-state index in [0.717, 1.165) is 17.3 Å². The monoisotopic (exact) mass is 543 g/mol. The van der Waals surface area contributed by atoms with Crippen molar-refractivity contribution >= 4 is 56.6 Å². The minimum atomic E-state index is -4.20. The van der Waals surface area contributed by atoms with Crippen LogP contribution < -0.4 is 15.8 Å². The van der Waals surface area contributed by atoms with Gasteiger partial charge in [0.15, 0.2) is 5.03 Å². The molecule has 184 valence electrons. The van der Waals surface area contributed by atoms with Crippen LogP contribution in [0.25, 0.3) is 11.1 Å². The van der Waals surface area contributed by atoms with Gasteiger partial charge in [-0.05, 0) is 36.2 Å². The topological polar surface area (TPSA) is 150 Å². The van der Waals surface area contributed by atoms with Gasteiger partial charge in [0.25, 0.3) is 15.9 Å². The summed E-state index contributed by atoms with van der Waals surface area (Å²) in [5, 5.41) is 5.82. The second-order valence-corrected chi connectivity index (χ2v) is 10.9. The molecule has 2 aromatic heterocycles. The summed E-state index contributed by atoms with van der Waals surface area (Å²) < 4.78 is 26.2. The highest BCUT2D eigenvalue weighted by Crippen LogP contribution is 2.44. The first-order valence-electron chi connectivity index (χ1n) is 10.6. The summed E-state index contributed by atoms with van der Waals surface area (Å²) in [6.45, 7) is 1.64. The summed E-state index contributed by atoms with van der Waals surface area (Å²) in [6.07, 6.45) is 4.26. The number of nitrogens with two attached hydrogens (primary N) is 2. The van der Waals surface area contributed by atoms with Crippen LogP contribution in [0.15, 0.2) is 66.2 Å². The van der Waals surface area contributed by atoms with Crippen LogP contribution in [-0.2, 0) is 26.8 Å². The maximum absolute atomic E-state index is 13.9. The summed E-state index contributed by atoms with van der Waals surface area (Å²) in [6, 6.07) is 11.9. The van der Waals surface area contributed by atoms with Gasteiger partial charge < -0.3 is 5.73 Å². The van der Waals surface area contributed by atoms with Gasteiger partial charge in [-0.3, -0.25) is 9.36 Å². The standard InChI is InChI=1S/C23H19Cl2N7O3S/c1-23(9-13-2-4-14(5-3-13)18-10-28-12-30-20(18)26)21(33)31(17-7-15(24)6-16(25)8-17)22-29-11-19(32(22)23)36(27,34)35/h2-8,10-12H,9H2,1H3,(H2,26,28,30)(H2,27,34,35). The van der Waals surface area contributed by atoms with Crippen molar-refractivity contribution in [1.29, 1.82) is 0 Å². The number of sulfonamides is 1. The molecule has 36 heavy (non-hydrogen) atoms. The number of halogens is 2. The van der Waals surface area contributed by atoms with Crippen molar-refractivity contribution in [3.8, 4) is 11.1 Å². The number of benzene rings is 2. The highest BCUT2D eigenvalue weighted by atomic mass is 35.5. The fraction of sp³-hybridized carbons (Fsp3) is 0.130. The van der Waals surface area contributed by atoms with E-state index in [-0.39, 0.29) is 17.4 Å². The normalized spacial score (nSPS) is 17.4. The molecule has 0 fully saturated rings. The van der Waals surface area contributed by atoms with Gasteiger partial charge in [0.1, 0.15) is 17.7 Å². The van der Waals surface area contributed by atoms with Gasteiger partial charge in [-0.25, -0.2) is 33.4 Å². The number of fused-ring (bicyclic) bond motifs is 1. The van der Waals surface area contributed by atoms with Crippen LogP contribution in [0, 0.1) is 0 Å². The lowest BCUT2D eigenvalue weighted by Crippen LogP contribution is -2.42. The molecule has 0 saturated carbocycles. The largest absolute Gasteiger partial charge is 0.383 e. The van der Waals surface area contributed by atoms with Crippen molar-refractivity contribution in [2.24, 2.45) is 5.14 Å². The Balaban J connectivity index is 1.60. The SMILES string of the molecule is CC1(Cc2ccc(-c3cncnc3N)cc2)C(=O)N(c2cc(Cl)cc(Cl)c2)c2ncc(S(N)(=O)=O)n21. The first-order valence-corrected chi connectivity index (χ1v) is 12.9. The third-order valence-electron chi connectivity index (χ3n) is 6.02. The van der Waals surface area contributed by atoms with E-state index < -0.39 is 21.5 Å². The van der Waals surface area contributed by atoms with Crippen LogP contribution in [0.3, 0.4) is 0 Å². The molecule has 4 N–H and O–H groups in total. The first-order chi connectivity index (χ1) is 17.0. The van der Waals surface area contributed by atoms with Crippen LogP contribution in [0.4, 0.5) is 17.5 Å².